The van der Waals surface area contributed by atoms with Gasteiger partial charge in [-0.15, -0.1) is 22.9 Å². The smallest absolute Gasteiger partial charge is 0.125 e. The van der Waals surface area contributed by atoms with Gasteiger partial charge in [-0.2, -0.15) is 0 Å². The van der Waals surface area contributed by atoms with Crippen LogP contribution in [0, 0.1) is 13.8 Å². The van der Waals surface area contributed by atoms with Crippen LogP contribution in [0.5, 0.6) is 0 Å². The molecule has 3 nitrogen and oxygen atoms in total. The highest BCUT2D eigenvalue weighted by Gasteiger charge is 2.12. The molecular weight excluding hydrogens is 278 g/mol. The van der Waals surface area contributed by atoms with Gasteiger partial charge >= 0.3 is 0 Å². The van der Waals surface area contributed by atoms with E-state index in [1.54, 1.807) is 11.3 Å². The summed E-state index contributed by atoms with van der Waals surface area (Å²) in [5.41, 5.74) is 3.34. The van der Waals surface area contributed by atoms with Crippen molar-refractivity contribution in [2.45, 2.75) is 26.3 Å². The minimum Gasteiger partial charge on any atom is -0.320 e. The number of para-hydroxylation sites is 1. The maximum Gasteiger partial charge on any atom is 0.125 e. The fraction of sp³-hybridized carbons (Fsp3) is 0.286. The lowest BCUT2D eigenvalue weighted by atomic mass is 10.2. The molecule has 0 aliphatic carbocycles. The number of imidazole rings is 1. The zero-order valence-electron chi connectivity index (χ0n) is 10.9. The van der Waals surface area contributed by atoms with Crippen LogP contribution in [0.2, 0.25) is 0 Å². The summed E-state index contributed by atoms with van der Waals surface area (Å²) in [5.74, 6) is 1.32. The molecule has 3 aromatic rings. The third-order valence-electron chi connectivity index (χ3n) is 3.14. The summed E-state index contributed by atoms with van der Waals surface area (Å²) < 4.78 is 2.16. The summed E-state index contributed by atoms with van der Waals surface area (Å²) in [6.45, 7) is 4.88. The maximum atomic E-state index is 6.03. The highest BCUT2D eigenvalue weighted by molar-refractivity contribution is 7.11. The van der Waals surface area contributed by atoms with Gasteiger partial charge in [-0.1, -0.05) is 12.1 Å². The van der Waals surface area contributed by atoms with Crippen molar-refractivity contribution < 1.29 is 0 Å². The standard InChI is InChI=1S/C14H14ClN3S/c1-9-4-3-5-11-14(9)17-12(6-15)18(11)8-13-16-7-10(2)19-13/h3-5,7H,6,8H2,1-2H3. The molecule has 0 N–H and O–H groups in total. The first kappa shape index (κ1) is 12.6. The third kappa shape index (κ3) is 2.26. The number of aryl methyl sites for hydroxylation is 2. The third-order valence-corrected chi connectivity index (χ3v) is 4.28. The molecule has 98 valence electrons. The fourth-order valence-electron chi connectivity index (χ4n) is 2.22. The Morgan fingerprint density at radius 2 is 2.16 bits per heavy atom. The molecule has 19 heavy (non-hydrogen) atoms. The first-order valence-electron chi connectivity index (χ1n) is 6.11. The van der Waals surface area contributed by atoms with Crippen LogP contribution in [0.3, 0.4) is 0 Å². The number of hydrogen-bond donors (Lipinski definition) is 0. The molecule has 2 aromatic heterocycles. The Hall–Kier alpha value is -1.39. The van der Waals surface area contributed by atoms with Crippen LogP contribution in [0.1, 0.15) is 21.3 Å². The molecule has 0 spiro atoms. The van der Waals surface area contributed by atoms with E-state index in [9.17, 15) is 0 Å². The Morgan fingerprint density at radius 1 is 1.32 bits per heavy atom. The molecule has 0 saturated heterocycles. The molecule has 0 radical (unpaired) electrons. The summed E-state index contributed by atoms with van der Waals surface area (Å²) in [5, 5.41) is 1.09. The Balaban J connectivity index is 2.13. The van der Waals surface area contributed by atoms with Gasteiger partial charge in [-0.3, -0.25) is 0 Å². The van der Waals surface area contributed by atoms with Crippen LogP contribution >= 0.6 is 22.9 Å². The van der Waals surface area contributed by atoms with Gasteiger partial charge in [0.1, 0.15) is 10.8 Å². The van der Waals surface area contributed by atoms with Crippen LogP contribution in [-0.4, -0.2) is 14.5 Å². The molecule has 0 amide bonds. The van der Waals surface area contributed by atoms with Crippen molar-refractivity contribution in [2.24, 2.45) is 0 Å². The second-order valence-electron chi connectivity index (χ2n) is 4.56. The molecule has 5 heteroatoms. The van der Waals surface area contributed by atoms with Gasteiger partial charge in [0.2, 0.25) is 0 Å². The van der Waals surface area contributed by atoms with E-state index in [-0.39, 0.29) is 0 Å². The minimum atomic E-state index is 0.415. The van der Waals surface area contributed by atoms with Crippen LogP contribution < -0.4 is 0 Å². The van der Waals surface area contributed by atoms with Crippen molar-refractivity contribution in [3.05, 3.63) is 45.7 Å². The second kappa shape index (κ2) is 4.94. The normalized spacial score (nSPS) is 11.3. The summed E-state index contributed by atoms with van der Waals surface area (Å²) in [6.07, 6.45) is 1.91. The van der Waals surface area contributed by atoms with E-state index in [1.165, 1.54) is 10.4 Å². The van der Waals surface area contributed by atoms with Crippen molar-refractivity contribution in [3.8, 4) is 0 Å². The predicted molar refractivity (Wildman–Crippen MR) is 80.0 cm³/mol. The van der Waals surface area contributed by atoms with Crippen LogP contribution in [0.4, 0.5) is 0 Å². The molecule has 0 aliphatic heterocycles. The van der Waals surface area contributed by atoms with Crippen molar-refractivity contribution >= 4 is 34.0 Å². The molecule has 0 atom stereocenters. The van der Waals surface area contributed by atoms with E-state index < -0.39 is 0 Å². The van der Waals surface area contributed by atoms with Gasteiger partial charge in [-0.25, -0.2) is 9.97 Å². The predicted octanol–water partition coefficient (Wildman–Crippen LogP) is 3.90. The number of benzene rings is 1. The Bertz CT molecular complexity index is 729. The van der Waals surface area contributed by atoms with Crippen molar-refractivity contribution in [1.82, 2.24) is 14.5 Å². The van der Waals surface area contributed by atoms with Gasteiger partial charge in [0.05, 0.1) is 23.5 Å². The van der Waals surface area contributed by atoms with E-state index in [0.717, 1.165) is 28.4 Å². The first-order valence-corrected chi connectivity index (χ1v) is 7.46. The zero-order chi connectivity index (χ0) is 13.4. The number of alkyl halides is 1. The number of thiazole rings is 1. The Morgan fingerprint density at radius 3 is 2.84 bits per heavy atom. The Labute approximate surface area is 120 Å². The number of aromatic nitrogens is 3. The number of nitrogens with zero attached hydrogens (tertiary/aromatic N) is 3. The quantitative estimate of drug-likeness (QED) is 0.685. The van der Waals surface area contributed by atoms with Crippen molar-refractivity contribution in [1.29, 1.82) is 0 Å². The first-order chi connectivity index (χ1) is 9.19. The van der Waals surface area contributed by atoms with Crippen LogP contribution in [-0.2, 0) is 12.4 Å². The molecular formula is C14H14ClN3S. The SMILES string of the molecule is Cc1cnc(Cn2c(CCl)nc3c(C)cccc32)s1. The molecule has 0 fully saturated rings. The summed E-state index contributed by atoms with van der Waals surface area (Å²) in [6, 6.07) is 6.22. The zero-order valence-corrected chi connectivity index (χ0v) is 12.4. The number of fused-ring (bicyclic) bond motifs is 1. The Kier molecular flexibility index (Phi) is 3.29. The van der Waals surface area contributed by atoms with E-state index in [2.05, 4.69) is 46.6 Å². The summed E-state index contributed by atoms with van der Waals surface area (Å²) in [4.78, 5) is 10.3. The molecule has 1 aromatic carbocycles. The summed E-state index contributed by atoms with van der Waals surface area (Å²) in [7, 11) is 0. The average molecular weight is 292 g/mol. The molecule has 0 unspecified atom stereocenters. The van der Waals surface area contributed by atoms with E-state index in [4.69, 9.17) is 11.6 Å². The highest BCUT2D eigenvalue weighted by Crippen LogP contribution is 2.23. The maximum absolute atomic E-state index is 6.03. The molecule has 0 aliphatic rings. The monoisotopic (exact) mass is 291 g/mol. The molecule has 3 rings (SSSR count). The van der Waals surface area contributed by atoms with Gasteiger partial charge in [0, 0.05) is 11.1 Å². The summed E-state index contributed by atoms with van der Waals surface area (Å²) >= 11 is 7.74. The van der Waals surface area contributed by atoms with Crippen molar-refractivity contribution in [2.75, 3.05) is 0 Å². The van der Waals surface area contributed by atoms with Crippen LogP contribution in [0.15, 0.2) is 24.4 Å². The second-order valence-corrected chi connectivity index (χ2v) is 6.14. The van der Waals surface area contributed by atoms with Crippen LogP contribution in [0.25, 0.3) is 11.0 Å². The largest absolute Gasteiger partial charge is 0.320 e. The lowest BCUT2D eigenvalue weighted by Gasteiger charge is -2.05. The number of halogens is 1. The van der Waals surface area contributed by atoms with Gasteiger partial charge in [0.25, 0.3) is 0 Å². The number of rotatable bonds is 3. The lowest BCUT2D eigenvalue weighted by Crippen LogP contribution is -2.03. The fourth-order valence-corrected chi connectivity index (χ4v) is 3.20. The van der Waals surface area contributed by atoms with E-state index in [0.29, 0.717) is 5.88 Å². The molecule has 0 saturated carbocycles. The number of hydrogen-bond acceptors (Lipinski definition) is 3. The minimum absolute atomic E-state index is 0.415. The van der Waals surface area contributed by atoms with Gasteiger partial charge in [0.15, 0.2) is 0 Å². The molecule has 2 heterocycles. The average Bonchev–Trinajstić information content (AvgIpc) is 2.96. The van der Waals surface area contributed by atoms with E-state index >= 15 is 0 Å². The topological polar surface area (TPSA) is 30.7 Å². The van der Waals surface area contributed by atoms with Crippen molar-refractivity contribution in [3.63, 3.8) is 0 Å². The van der Waals surface area contributed by atoms with Gasteiger partial charge in [-0.05, 0) is 25.5 Å². The molecule has 0 bridgehead atoms. The van der Waals surface area contributed by atoms with Gasteiger partial charge < -0.3 is 4.57 Å². The van der Waals surface area contributed by atoms with E-state index in [1.807, 2.05) is 6.20 Å². The highest BCUT2D eigenvalue weighted by atomic mass is 35.5. The lowest BCUT2D eigenvalue weighted by molar-refractivity contribution is 0.773.